The number of aryl methyl sites for hydroxylation is 1. The Hall–Kier alpha value is -3.61. The molecular weight excluding hydrogens is 405 g/mol. The van der Waals surface area contributed by atoms with Crippen LogP contribution in [0, 0.1) is 0 Å². The van der Waals surface area contributed by atoms with Gasteiger partial charge in [0.15, 0.2) is 0 Å². The third kappa shape index (κ3) is 3.67. The third-order valence-corrected chi connectivity index (χ3v) is 5.16. The molecule has 0 saturated heterocycles. The third-order valence-electron chi connectivity index (χ3n) is 5.16. The highest BCUT2D eigenvalue weighted by Crippen LogP contribution is 2.38. The van der Waals surface area contributed by atoms with Crippen LogP contribution < -0.4 is 10.3 Å². The number of hydrogen-bond acceptors (Lipinski definition) is 3. The number of halogens is 3. The van der Waals surface area contributed by atoms with Crippen LogP contribution in [0.4, 0.5) is 13.2 Å². The number of aromatic nitrogens is 2. The van der Waals surface area contributed by atoms with Gasteiger partial charge in [-0.25, -0.2) is 4.98 Å². The smallest absolute Gasteiger partial charge is 0.421 e. The van der Waals surface area contributed by atoms with Gasteiger partial charge in [0, 0.05) is 23.1 Å². The standard InChI is InChI=1S/C24H19F3N2O2/c1-3-17-12-15-8-7-11-19(16-13-20(24(25,26)27)22(31-2)28-14-16)21(15)23(30)29(17)18-9-5-4-6-10-18/h4-14H,3H2,1-2H3. The molecule has 0 aliphatic carbocycles. The van der Waals surface area contributed by atoms with Crippen LogP contribution in [-0.2, 0) is 12.6 Å². The average molecular weight is 424 g/mol. The van der Waals surface area contributed by atoms with Crippen LogP contribution in [0.5, 0.6) is 5.88 Å². The molecule has 0 aliphatic heterocycles. The molecule has 0 spiro atoms. The lowest BCUT2D eigenvalue weighted by Crippen LogP contribution is -2.22. The summed E-state index contributed by atoms with van der Waals surface area (Å²) in [6.45, 7) is 1.95. The molecule has 2 aromatic heterocycles. The molecule has 158 valence electrons. The number of para-hydroxylation sites is 1. The number of fused-ring (bicyclic) bond motifs is 1. The van der Waals surface area contributed by atoms with E-state index in [0.29, 0.717) is 28.4 Å². The molecule has 4 aromatic rings. The van der Waals surface area contributed by atoms with Crippen molar-refractivity contribution < 1.29 is 17.9 Å². The number of methoxy groups -OCH3 is 1. The maximum absolute atomic E-state index is 13.6. The van der Waals surface area contributed by atoms with Gasteiger partial charge in [-0.1, -0.05) is 43.3 Å². The van der Waals surface area contributed by atoms with Crippen LogP contribution in [0.25, 0.3) is 27.6 Å². The summed E-state index contributed by atoms with van der Waals surface area (Å²) in [4.78, 5) is 17.4. The number of alkyl halides is 3. The van der Waals surface area contributed by atoms with Crippen LogP contribution in [-0.4, -0.2) is 16.7 Å². The van der Waals surface area contributed by atoms with Crippen LogP contribution in [0.1, 0.15) is 18.2 Å². The lowest BCUT2D eigenvalue weighted by Gasteiger charge is -2.16. The molecule has 0 bridgehead atoms. The van der Waals surface area contributed by atoms with Gasteiger partial charge in [0.25, 0.3) is 5.56 Å². The van der Waals surface area contributed by atoms with Gasteiger partial charge in [0.1, 0.15) is 5.56 Å². The lowest BCUT2D eigenvalue weighted by molar-refractivity contribution is -0.139. The first-order valence-corrected chi connectivity index (χ1v) is 9.69. The molecule has 0 atom stereocenters. The van der Waals surface area contributed by atoms with Crippen LogP contribution >= 0.6 is 0 Å². The topological polar surface area (TPSA) is 44.1 Å². The van der Waals surface area contributed by atoms with Crippen molar-refractivity contribution in [3.63, 3.8) is 0 Å². The molecule has 2 aromatic carbocycles. The second kappa shape index (κ2) is 7.91. The van der Waals surface area contributed by atoms with Crippen molar-refractivity contribution in [1.82, 2.24) is 9.55 Å². The normalized spacial score (nSPS) is 11.6. The zero-order chi connectivity index (χ0) is 22.2. The summed E-state index contributed by atoms with van der Waals surface area (Å²) in [5.74, 6) is -0.508. The molecule has 0 N–H and O–H groups in total. The Labute approximate surface area is 176 Å². The molecule has 0 fully saturated rings. The molecule has 4 nitrogen and oxygen atoms in total. The first-order valence-electron chi connectivity index (χ1n) is 9.69. The van der Waals surface area contributed by atoms with Crippen LogP contribution in [0.15, 0.2) is 71.7 Å². The van der Waals surface area contributed by atoms with Gasteiger partial charge >= 0.3 is 6.18 Å². The number of benzene rings is 2. The second-order valence-corrected chi connectivity index (χ2v) is 7.01. The number of rotatable bonds is 4. The molecule has 0 aliphatic rings. The summed E-state index contributed by atoms with van der Waals surface area (Å²) in [5, 5.41) is 1.000. The first-order chi connectivity index (χ1) is 14.8. The molecule has 0 saturated carbocycles. The van der Waals surface area contributed by atoms with E-state index in [0.717, 1.165) is 18.9 Å². The molecule has 0 radical (unpaired) electrons. The van der Waals surface area contributed by atoms with Crippen LogP contribution in [0.2, 0.25) is 0 Å². The van der Waals surface area contributed by atoms with E-state index in [1.54, 1.807) is 22.8 Å². The van der Waals surface area contributed by atoms with Crippen molar-refractivity contribution in [2.75, 3.05) is 7.11 Å². The molecule has 2 heterocycles. The minimum absolute atomic E-state index is 0.194. The number of pyridine rings is 2. The summed E-state index contributed by atoms with van der Waals surface area (Å²) in [5.41, 5.74) is 0.809. The minimum atomic E-state index is -4.64. The first kappa shape index (κ1) is 20.7. The highest BCUT2D eigenvalue weighted by molar-refractivity contribution is 5.96. The van der Waals surface area contributed by atoms with E-state index in [1.807, 2.05) is 43.3 Å². The predicted molar refractivity (Wildman–Crippen MR) is 114 cm³/mol. The van der Waals surface area contributed by atoms with Crippen LogP contribution in [0.3, 0.4) is 0 Å². The number of nitrogens with zero attached hydrogens (tertiary/aromatic N) is 2. The Morgan fingerprint density at radius 2 is 1.77 bits per heavy atom. The summed E-state index contributed by atoms with van der Waals surface area (Å²) in [7, 11) is 1.14. The van der Waals surface area contributed by atoms with E-state index in [1.165, 1.54) is 6.20 Å². The molecule has 4 rings (SSSR count). The molecule has 31 heavy (non-hydrogen) atoms. The zero-order valence-electron chi connectivity index (χ0n) is 16.9. The van der Waals surface area contributed by atoms with Crippen molar-refractivity contribution in [3.05, 3.63) is 88.5 Å². The second-order valence-electron chi connectivity index (χ2n) is 7.01. The summed E-state index contributed by atoms with van der Waals surface area (Å²) >= 11 is 0. The van der Waals surface area contributed by atoms with E-state index in [4.69, 9.17) is 4.74 Å². The summed E-state index contributed by atoms with van der Waals surface area (Å²) in [6.07, 6.45) is -2.73. The van der Waals surface area contributed by atoms with E-state index >= 15 is 0 Å². The van der Waals surface area contributed by atoms with Crippen molar-refractivity contribution in [2.45, 2.75) is 19.5 Å². The quantitative estimate of drug-likeness (QED) is 0.426. The highest BCUT2D eigenvalue weighted by atomic mass is 19.4. The Balaban J connectivity index is 2.05. The molecule has 0 unspecified atom stereocenters. The van der Waals surface area contributed by atoms with Gasteiger partial charge in [0.05, 0.1) is 12.5 Å². The van der Waals surface area contributed by atoms with Gasteiger partial charge in [-0.3, -0.25) is 9.36 Å². The molecular formula is C24H19F3N2O2. The maximum atomic E-state index is 13.6. The average Bonchev–Trinajstić information content (AvgIpc) is 2.78. The van der Waals surface area contributed by atoms with Gasteiger partial charge in [0.2, 0.25) is 5.88 Å². The monoisotopic (exact) mass is 424 g/mol. The predicted octanol–water partition coefficient (Wildman–Crippen LogP) is 5.64. The number of hydrogen-bond donors (Lipinski definition) is 0. The Morgan fingerprint density at radius 1 is 1.03 bits per heavy atom. The number of ether oxygens (including phenoxy) is 1. The summed E-state index contributed by atoms with van der Waals surface area (Å²) in [6, 6.07) is 17.2. The largest absolute Gasteiger partial charge is 0.481 e. The fraction of sp³-hybridized carbons (Fsp3) is 0.167. The Morgan fingerprint density at radius 3 is 2.42 bits per heavy atom. The van der Waals surface area contributed by atoms with Crippen molar-refractivity contribution >= 4 is 10.8 Å². The SMILES string of the molecule is CCc1cc2cccc(-c3cnc(OC)c(C(F)(F)F)c3)c2c(=O)n1-c1ccccc1. The van der Waals surface area contributed by atoms with E-state index in [2.05, 4.69) is 4.98 Å². The van der Waals surface area contributed by atoms with Crippen molar-refractivity contribution in [2.24, 2.45) is 0 Å². The van der Waals surface area contributed by atoms with Crippen molar-refractivity contribution in [1.29, 1.82) is 0 Å². The fourth-order valence-electron chi connectivity index (χ4n) is 3.74. The van der Waals surface area contributed by atoms with Gasteiger partial charge in [-0.05, 0) is 41.6 Å². The van der Waals surface area contributed by atoms with E-state index in [-0.39, 0.29) is 11.1 Å². The fourth-order valence-corrected chi connectivity index (χ4v) is 3.74. The summed E-state index contributed by atoms with van der Waals surface area (Å²) < 4.78 is 47.0. The van der Waals surface area contributed by atoms with E-state index < -0.39 is 17.6 Å². The minimum Gasteiger partial charge on any atom is -0.481 e. The van der Waals surface area contributed by atoms with Gasteiger partial charge in [-0.2, -0.15) is 13.2 Å². The molecule has 7 heteroatoms. The zero-order valence-corrected chi connectivity index (χ0v) is 16.9. The van der Waals surface area contributed by atoms with Gasteiger partial charge < -0.3 is 4.74 Å². The Kier molecular flexibility index (Phi) is 5.27. The lowest BCUT2D eigenvalue weighted by atomic mass is 9.98. The molecule has 0 amide bonds. The maximum Gasteiger partial charge on any atom is 0.421 e. The van der Waals surface area contributed by atoms with E-state index in [9.17, 15) is 18.0 Å². The van der Waals surface area contributed by atoms with Crippen molar-refractivity contribution in [3.8, 4) is 22.7 Å². The highest BCUT2D eigenvalue weighted by Gasteiger charge is 2.35. The van der Waals surface area contributed by atoms with Gasteiger partial charge in [-0.15, -0.1) is 0 Å². The Bertz CT molecular complexity index is 1310.